The molecule has 1 unspecified atom stereocenters. The number of benzene rings is 2. The fourth-order valence-electron chi connectivity index (χ4n) is 4.75. The average molecular weight is 680 g/mol. The van der Waals surface area contributed by atoms with Gasteiger partial charge in [0.2, 0.25) is 5.91 Å². The number of amides is 3. The van der Waals surface area contributed by atoms with Crippen molar-refractivity contribution in [3.8, 4) is 0 Å². The summed E-state index contributed by atoms with van der Waals surface area (Å²) in [6, 6.07) is 16.9. The molecule has 0 aliphatic heterocycles. The lowest BCUT2D eigenvalue weighted by Gasteiger charge is -2.29. The molecular weight excluding hydrogens is 639 g/mol. The molecule has 250 valence electrons. The van der Waals surface area contributed by atoms with E-state index in [0.29, 0.717) is 18.5 Å². The fourth-order valence-corrected chi connectivity index (χ4v) is 6.07. The number of hydrogen-bond acceptors (Lipinski definition) is 10. The molecule has 4 N–H and O–H groups in total. The van der Waals surface area contributed by atoms with Crippen molar-refractivity contribution in [1.29, 1.82) is 0 Å². The van der Waals surface area contributed by atoms with E-state index in [1.54, 1.807) is 18.6 Å². The van der Waals surface area contributed by atoms with Crippen molar-refractivity contribution < 1.29 is 29.0 Å². The lowest BCUT2D eigenvalue weighted by molar-refractivity contribution is -0.123. The van der Waals surface area contributed by atoms with Gasteiger partial charge in [-0.05, 0) is 37.3 Å². The Morgan fingerprint density at radius 2 is 1.47 bits per heavy atom. The number of hydrogen-bond donors (Lipinski definition) is 4. The minimum atomic E-state index is -1.05. The maximum absolute atomic E-state index is 13.3. The van der Waals surface area contributed by atoms with Crippen LogP contribution in [0.3, 0.4) is 0 Å². The number of alkyl carbamates (subject to hydrolysis) is 2. The normalized spacial score (nSPS) is 13.6. The molecule has 0 bridgehead atoms. The summed E-state index contributed by atoms with van der Waals surface area (Å²) < 4.78 is 10.7. The van der Waals surface area contributed by atoms with Gasteiger partial charge in [0, 0.05) is 23.5 Å². The van der Waals surface area contributed by atoms with Gasteiger partial charge in [0.1, 0.15) is 19.3 Å². The maximum atomic E-state index is 13.3. The topological polar surface area (TPSA) is 152 Å². The van der Waals surface area contributed by atoms with Crippen LogP contribution in [0.1, 0.15) is 59.8 Å². The highest BCUT2D eigenvalue weighted by atomic mass is 32.1. The van der Waals surface area contributed by atoms with Crippen molar-refractivity contribution in [3.05, 3.63) is 104 Å². The third-order valence-electron chi connectivity index (χ3n) is 7.23. The van der Waals surface area contributed by atoms with Crippen LogP contribution in [0.2, 0.25) is 0 Å². The molecule has 0 fully saturated rings. The van der Waals surface area contributed by atoms with Crippen molar-refractivity contribution in [1.82, 2.24) is 25.9 Å². The molecule has 4 atom stereocenters. The van der Waals surface area contributed by atoms with Gasteiger partial charge in [-0.25, -0.2) is 14.6 Å². The van der Waals surface area contributed by atoms with Crippen molar-refractivity contribution in [2.24, 2.45) is 0 Å². The first-order valence-corrected chi connectivity index (χ1v) is 17.2. The largest absolute Gasteiger partial charge is 0.444 e. The van der Waals surface area contributed by atoms with Gasteiger partial charge in [0.15, 0.2) is 0 Å². The first kappa shape index (κ1) is 35.5. The van der Waals surface area contributed by atoms with Gasteiger partial charge in [-0.3, -0.25) is 9.78 Å². The molecule has 2 heterocycles. The predicted molar refractivity (Wildman–Crippen MR) is 181 cm³/mol. The summed E-state index contributed by atoms with van der Waals surface area (Å²) in [5.41, 5.74) is 4.17. The molecule has 2 aromatic heterocycles. The van der Waals surface area contributed by atoms with E-state index in [4.69, 9.17) is 9.47 Å². The Balaban J connectivity index is 1.39. The number of carbonyl (C=O) groups excluding carboxylic acids is 3. The number of thiazole rings is 2. The highest BCUT2D eigenvalue weighted by molar-refractivity contribution is 7.09. The summed E-state index contributed by atoms with van der Waals surface area (Å²) in [4.78, 5) is 47.8. The van der Waals surface area contributed by atoms with Crippen LogP contribution in [0.25, 0.3) is 0 Å². The number of aliphatic hydroxyl groups is 1. The Bertz CT molecular complexity index is 1530. The third-order valence-corrected chi connectivity index (χ3v) is 9.18. The molecule has 0 radical (unpaired) electrons. The summed E-state index contributed by atoms with van der Waals surface area (Å²) in [5.74, 6) is -0.164. The van der Waals surface area contributed by atoms with Gasteiger partial charge >= 0.3 is 12.2 Å². The second kappa shape index (κ2) is 18.1. The highest BCUT2D eigenvalue weighted by Crippen LogP contribution is 2.20. The summed E-state index contributed by atoms with van der Waals surface area (Å²) in [6.45, 7) is 5.70. The van der Waals surface area contributed by atoms with Crippen LogP contribution >= 0.6 is 22.7 Å². The number of aromatic nitrogens is 2. The summed E-state index contributed by atoms with van der Waals surface area (Å²) in [5, 5.41) is 22.7. The minimum absolute atomic E-state index is 0.00529. The maximum Gasteiger partial charge on any atom is 0.408 e. The molecule has 4 aromatic rings. The minimum Gasteiger partial charge on any atom is -0.444 e. The van der Waals surface area contributed by atoms with Crippen LogP contribution in [0.15, 0.2) is 77.8 Å². The van der Waals surface area contributed by atoms with Crippen molar-refractivity contribution in [3.63, 3.8) is 0 Å². The molecule has 11 nitrogen and oxygen atoms in total. The van der Waals surface area contributed by atoms with E-state index in [0.717, 1.165) is 21.0 Å². The molecule has 0 aliphatic rings. The van der Waals surface area contributed by atoms with E-state index in [2.05, 4.69) is 25.9 Å². The Hall–Kier alpha value is -4.33. The van der Waals surface area contributed by atoms with E-state index in [1.165, 1.54) is 22.7 Å². The first-order chi connectivity index (χ1) is 22.7. The summed E-state index contributed by atoms with van der Waals surface area (Å²) in [6.07, 6.45) is 0.0343. The zero-order valence-electron chi connectivity index (χ0n) is 26.6. The monoisotopic (exact) mass is 679 g/mol. The van der Waals surface area contributed by atoms with E-state index < -0.39 is 42.3 Å². The standard InChI is InChI=1S/C34H41N5O6S2/c1-22(2)32-38-27(20-46-32)18-44-33(42)36-23(3)31(41)37-26(14-24-10-6-4-7-11-24)16-30(40)29(15-25-12-8-5-9-13-25)39-34(43)45-19-28-17-35-21-47-28/h4-13,17,20-23,26,29-30,40H,14-16,18-19H2,1-3H3,(H,36,42)(H,37,41)(H,39,43)/t23?,26-,29-,30-/m0/s1. The van der Waals surface area contributed by atoms with E-state index >= 15 is 0 Å². The molecule has 2 aromatic carbocycles. The molecule has 3 amide bonds. The average Bonchev–Trinajstić information content (AvgIpc) is 3.76. The molecule has 0 aliphatic carbocycles. The molecule has 0 spiro atoms. The zero-order valence-corrected chi connectivity index (χ0v) is 28.3. The second-order valence-electron chi connectivity index (χ2n) is 11.5. The Morgan fingerprint density at radius 1 is 0.830 bits per heavy atom. The summed E-state index contributed by atoms with van der Waals surface area (Å²) in [7, 11) is 0. The van der Waals surface area contributed by atoms with Crippen LogP contribution in [0.4, 0.5) is 9.59 Å². The second-order valence-corrected chi connectivity index (χ2v) is 13.3. The first-order valence-electron chi connectivity index (χ1n) is 15.4. The SMILES string of the molecule is CC(NC(=O)OCc1csc(C(C)C)n1)C(=O)N[C@@H](Cc1ccccc1)C[C@H](O)[C@H](Cc1ccccc1)NC(=O)OCc1cncs1. The fraction of sp³-hybridized carbons (Fsp3) is 0.382. The number of carbonyl (C=O) groups is 3. The number of nitrogens with one attached hydrogen (secondary N) is 3. The molecule has 0 saturated heterocycles. The van der Waals surface area contributed by atoms with Gasteiger partial charge in [-0.1, -0.05) is 74.5 Å². The Labute approximate surface area is 282 Å². The van der Waals surface area contributed by atoms with Gasteiger partial charge in [-0.15, -0.1) is 22.7 Å². The number of ether oxygens (including phenoxy) is 2. The predicted octanol–water partition coefficient (Wildman–Crippen LogP) is 5.35. The Morgan fingerprint density at radius 3 is 2.09 bits per heavy atom. The summed E-state index contributed by atoms with van der Waals surface area (Å²) >= 11 is 2.88. The van der Waals surface area contributed by atoms with Gasteiger partial charge in [0.25, 0.3) is 0 Å². The molecule has 47 heavy (non-hydrogen) atoms. The molecule has 13 heteroatoms. The number of aliphatic hydroxyl groups excluding tert-OH is 1. The van der Waals surface area contributed by atoms with E-state index in [9.17, 15) is 19.5 Å². The lowest BCUT2D eigenvalue weighted by atomic mass is 9.93. The van der Waals surface area contributed by atoms with Gasteiger partial charge in [-0.2, -0.15) is 0 Å². The van der Waals surface area contributed by atoms with Crippen LogP contribution < -0.4 is 16.0 Å². The molecular formula is C34H41N5O6S2. The van der Waals surface area contributed by atoms with Crippen LogP contribution in [-0.4, -0.2) is 57.4 Å². The van der Waals surface area contributed by atoms with Crippen LogP contribution in [0, 0.1) is 0 Å². The highest BCUT2D eigenvalue weighted by Gasteiger charge is 2.28. The van der Waals surface area contributed by atoms with E-state index in [-0.39, 0.29) is 25.6 Å². The van der Waals surface area contributed by atoms with Crippen molar-refractivity contribution >= 4 is 40.8 Å². The van der Waals surface area contributed by atoms with Gasteiger partial charge < -0.3 is 30.5 Å². The number of rotatable bonds is 16. The zero-order chi connectivity index (χ0) is 33.6. The lowest BCUT2D eigenvalue weighted by Crippen LogP contribution is -2.52. The third kappa shape index (κ3) is 12.1. The Kier molecular flexibility index (Phi) is 13.7. The quantitative estimate of drug-likeness (QED) is 0.124. The number of nitrogens with zero attached hydrogens (tertiary/aromatic N) is 2. The molecule has 4 rings (SSSR count). The van der Waals surface area contributed by atoms with Crippen LogP contribution in [-0.2, 0) is 40.3 Å². The molecule has 0 saturated carbocycles. The smallest absolute Gasteiger partial charge is 0.408 e. The van der Waals surface area contributed by atoms with Crippen molar-refractivity contribution in [2.45, 2.75) is 83.4 Å². The van der Waals surface area contributed by atoms with E-state index in [1.807, 2.05) is 79.9 Å². The van der Waals surface area contributed by atoms with Crippen molar-refractivity contribution in [2.75, 3.05) is 0 Å². The van der Waals surface area contributed by atoms with Crippen LogP contribution in [0.5, 0.6) is 0 Å². The van der Waals surface area contributed by atoms with Gasteiger partial charge in [0.05, 0.1) is 33.2 Å².